The zero-order chi connectivity index (χ0) is 29.4. The van der Waals surface area contributed by atoms with Gasteiger partial charge in [0.25, 0.3) is 0 Å². The molecular formula is C30H34ClFN8OS2. The Morgan fingerprint density at radius 1 is 1.12 bits per heavy atom. The summed E-state index contributed by atoms with van der Waals surface area (Å²) in [5.41, 5.74) is 8.69. The van der Waals surface area contributed by atoms with E-state index in [0.717, 1.165) is 103 Å². The van der Waals surface area contributed by atoms with Crippen LogP contribution >= 0.6 is 34.7 Å². The highest BCUT2D eigenvalue weighted by molar-refractivity contribution is 7.99. The van der Waals surface area contributed by atoms with Crippen molar-refractivity contribution in [3.8, 4) is 11.1 Å². The second-order valence-electron chi connectivity index (χ2n) is 12.1. The molecule has 2 aromatic carbocycles. The summed E-state index contributed by atoms with van der Waals surface area (Å²) in [6.45, 7) is 9.73. The Bertz CT molecular complexity index is 1790. The first-order valence-corrected chi connectivity index (χ1v) is 17.3. The van der Waals surface area contributed by atoms with E-state index < -0.39 is 0 Å². The molecule has 3 N–H and O–H groups in total. The van der Waals surface area contributed by atoms with Gasteiger partial charge >= 0.3 is 5.69 Å². The second-order valence-corrected chi connectivity index (χ2v) is 14.6. The maximum absolute atomic E-state index is 14.8. The zero-order valence-corrected chi connectivity index (χ0v) is 26.4. The fourth-order valence-electron chi connectivity index (χ4n) is 7.44. The molecule has 4 aliphatic heterocycles. The van der Waals surface area contributed by atoms with Crippen molar-refractivity contribution < 1.29 is 4.39 Å². The molecule has 3 fully saturated rings. The molecule has 43 heavy (non-hydrogen) atoms. The van der Waals surface area contributed by atoms with Gasteiger partial charge in [0.05, 0.1) is 26.8 Å². The molecule has 4 aliphatic rings. The van der Waals surface area contributed by atoms with Crippen LogP contribution in [0.4, 0.5) is 15.3 Å². The average molecular weight is 641 g/mol. The van der Waals surface area contributed by atoms with Crippen LogP contribution in [-0.4, -0.2) is 94.5 Å². The van der Waals surface area contributed by atoms with Crippen molar-refractivity contribution >= 4 is 66.8 Å². The number of piperazine rings is 2. The molecule has 3 atom stereocenters. The number of fused-ring (bicyclic) bond motifs is 3. The van der Waals surface area contributed by atoms with E-state index in [0.29, 0.717) is 44.0 Å². The molecule has 3 unspecified atom stereocenters. The van der Waals surface area contributed by atoms with E-state index in [-0.39, 0.29) is 17.5 Å². The van der Waals surface area contributed by atoms with Gasteiger partial charge in [-0.15, -0.1) is 11.8 Å². The van der Waals surface area contributed by atoms with Crippen molar-refractivity contribution in [3.05, 3.63) is 39.5 Å². The lowest BCUT2D eigenvalue weighted by Crippen LogP contribution is -2.52. The van der Waals surface area contributed by atoms with Gasteiger partial charge in [-0.2, -0.15) is 4.98 Å². The summed E-state index contributed by atoms with van der Waals surface area (Å²) < 4.78 is 17.1. The fraction of sp³-hybridized carbons (Fsp3) is 0.500. The van der Waals surface area contributed by atoms with Gasteiger partial charge < -0.3 is 20.9 Å². The molecule has 9 nitrogen and oxygen atoms in total. The Morgan fingerprint density at radius 3 is 2.60 bits per heavy atom. The minimum atomic E-state index is -0.355. The number of nitrogens with zero attached hydrogens (tertiary/aromatic N) is 6. The Labute approximate surface area is 262 Å². The number of nitrogens with one attached hydrogen (secondary N) is 1. The molecule has 2 bridgehead atoms. The van der Waals surface area contributed by atoms with Crippen LogP contribution in [-0.2, 0) is 0 Å². The molecule has 8 rings (SSSR count). The molecule has 2 aromatic heterocycles. The molecule has 4 aromatic rings. The third-order valence-electron chi connectivity index (χ3n) is 9.56. The molecule has 0 amide bonds. The van der Waals surface area contributed by atoms with Gasteiger partial charge in [0.2, 0.25) is 0 Å². The fourth-order valence-corrected chi connectivity index (χ4v) is 9.88. The van der Waals surface area contributed by atoms with Crippen molar-refractivity contribution in [3.63, 3.8) is 0 Å². The summed E-state index contributed by atoms with van der Waals surface area (Å²) in [6.07, 6.45) is 2.26. The number of nitrogens with two attached hydrogens (primary N) is 1. The number of nitrogen functional groups attached to an aromatic ring is 1. The van der Waals surface area contributed by atoms with Gasteiger partial charge in [-0.05, 0) is 37.6 Å². The maximum atomic E-state index is 14.8. The standard InChI is InChI=1S/C30H34ClFN8OS2/c1-2-37-7-9-38(10-8-37)14-18-15-42-27-23(19-5-6-22(32)26-24(19)35-29(33)43-26)21(31)11-20-25(27)40(18)30(41)36-28(20)39-12-16-3-4-17(13-39)34-16/h5-6,11,16-18,34H,2-4,7-10,12-15H2,1H3,(H2,33,35). The normalized spacial score (nSPS) is 24.4. The van der Waals surface area contributed by atoms with E-state index in [4.69, 9.17) is 22.3 Å². The Morgan fingerprint density at radius 2 is 1.86 bits per heavy atom. The van der Waals surface area contributed by atoms with Crippen LogP contribution in [0.2, 0.25) is 5.02 Å². The predicted molar refractivity (Wildman–Crippen MR) is 174 cm³/mol. The highest BCUT2D eigenvalue weighted by Crippen LogP contribution is 2.49. The highest BCUT2D eigenvalue weighted by atomic mass is 35.5. The number of likely N-dealkylation sites (N-methyl/N-ethyl adjacent to an activating group) is 1. The van der Waals surface area contributed by atoms with E-state index in [9.17, 15) is 9.18 Å². The summed E-state index contributed by atoms with van der Waals surface area (Å²) in [5, 5.41) is 5.42. The van der Waals surface area contributed by atoms with E-state index in [1.54, 1.807) is 17.8 Å². The lowest BCUT2D eigenvalue weighted by molar-refractivity contribution is 0.126. The molecule has 0 spiro atoms. The molecule has 13 heteroatoms. The van der Waals surface area contributed by atoms with Crippen molar-refractivity contribution in [1.29, 1.82) is 0 Å². The van der Waals surface area contributed by atoms with Crippen molar-refractivity contribution in [2.45, 2.75) is 42.8 Å². The number of benzene rings is 2. The molecular weight excluding hydrogens is 607 g/mol. The van der Waals surface area contributed by atoms with Crippen molar-refractivity contribution in [1.82, 2.24) is 29.7 Å². The predicted octanol–water partition coefficient (Wildman–Crippen LogP) is 4.27. The lowest BCUT2D eigenvalue weighted by Gasteiger charge is -2.38. The number of rotatable bonds is 5. The summed E-state index contributed by atoms with van der Waals surface area (Å²) >= 11 is 10.0. The third-order valence-corrected chi connectivity index (χ3v) is 12.0. The Kier molecular flexibility index (Phi) is 7.07. The van der Waals surface area contributed by atoms with Gasteiger partial charge in [0.15, 0.2) is 5.13 Å². The molecule has 6 heterocycles. The Balaban J connectivity index is 1.31. The largest absolute Gasteiger partial charge is 0.375 e. The quantitative estimate of drug-likeness (QED) is 0.332. The topological polar surface area (TPSA) is 95.6 Å². The van der Waals surface area contributed by atoms with Crippen molar-refractivity contribution in [2.75, 3.05) is 68.7 Å². The second kappa shape index (κ2) is 10.8. The number of hydrogen-bond donors (Lipinski definition) is 2. The maximum Gasteiger partial charge on any atom is 0.350 e. The van der Waals surface area contributed by atoms with Crippen LogP contribution in [0, 0.1) is 5.82 Å². The van der Waals surface area contributed by atoms with Crippen LogP contribution < -0.4 is 21.6 Å². The van der Waals surface area contributed by atoms with E-state index >= 15 is 0 Å². The smallest absolute Gasteiger partial charge is 0.350 e. The zero-order valence-electron chi connectivity index (χ0n) is 24.0. The number of thioether (sulfide) groups is 1. The van der Waals surface area contributed by atoms with Crippen LogP contribution in [0.15, 0.2) is 27.9 Å². The van der Waals surface area contributed by atoms with Gasteiger partial charge in [-0.25, -0.2) is 14.2 Å². The molecule has 0 aliphatic carbocycles. The van der Waals surface area contributed by atoms with Gasteiger partial charge in [0, 0.05) is 85.1 Å². The van der Waals surface area contributed by atoms with E-state index in [1.807, 2.05) is 10.6 Å². The van der Waals surface area contributed by atoms with Crippen LogP contribution in [0.3, 0.4) is 0 Å². The van der Waals surface area contributed by atoms with E-state index in [1.165, 1.54) is 6.07 Å². The lowest BCUT2D eigenvalue weighted by atomic mass is 10.0. The van der Waals surface area contributed by atoms with Crippen LogP contribution in [0.5, 0.6) is 0 Å². The monoisotopic (exact) mass is 640 g/mol. The van der Waals surface area contributed by atoms with E-state index in [2.05, 4.69) is 31.9 Å². The number of aromatic nitrogens is 3. The number of halogens is 2. The molecule has 226 valence electrons. The first-order chi connectivity index (χ1) is 20.9. The van der Waals surface area contributed by atoms with Crippen LogP contribution in [0.1, 0.15) is 25.8 Å². The van der Waals surface area contributed by atoms with Gasteiger partial charge in [-0.1, -0.05) is 29.9 Å². The SMILES string of the molecule is CCN1CCN(CC2CSc3c(-c4ccc(F)c5sc(N)nc45)c(Cl)cc4c(N5CC6CCC(C5)N6)nc(=O)n2c34)CC1. The highest BCUT2D eigenvalue weighted by Gasteiger charge is 2.36. The average Bonchev–Trinajstić information content (AvgIpc) is 3.57. The summed E-state index contributed by atoms with van der Waals surface area (Å²) in [7, 11) is 0. The number of anilines is 2. The first kappa shape index (κ1) is 28.0. The Hall–Kier alpha value is -2.48. The van der Waals surface area contributed by atoms with Gasteiger partial charge in [-0.3, -0.25) is 9.47 Å². The number of thiazole rings is 1. The summed E-state index contributed by atoms with van der Waals surface area (Å²) in [5.74, 6) is 1.07. The van der Waals surface area contributed by atoms with Crippen LogP contribution in [0.25, 0.3) is 32.2 Å². The molecule has 0 saturated carbocycles. The minimum Gasteiger partial charge on any atom is -0.375 e. The third kappa shape index (κ3) is 4.72. The summed E-state index contributed by atoms with van der Waals surface area (Å²) in [4.78, 5) is 31.5. The first-order valence-electron chi connectivity index (χ1n) is 15.1. The summed E-state index contributed by atoms with van der Waals surface area (Å²) in [6, 6.07) is 5.91. The molecule has 3 saturated heterocycles. The minimum absolute atomic E-state index is 0.0291. The number of hydrogen-bond acceptors (Lipinski definition) is 10. The molecule has 0 radical (unpaired) electrons. The van der Waals surface area contributed by atoms with Gasteiger partial charge in [0.1, 0.15) is 11.6 Å². The van der Waals surface area contributed by atoms with Crippen molar-refractivity contribution in [2.24, 2.45) is 0 Å².